The molecule has 1 N–H and O–H groups in total. The van der Waals surface area contributed by atoms with Gasteiger partial charge in [0.1, 0.15) is 0 Å². The second-order valence-corrected chi connectivity index (χ2v) is 5.54. The highest BCUT2D eigenvalue weighted by Crippen LogP contribution is 2.35. The molecule has 1 aliphatic rings. The summed E-state index contributed by atoms with van der Waals surface area (Å²) in [5, 5.41) is 16.5. The summed E-state index contributed by atoms with van der Waals surface area (Å²) >= 11 is 5.92. The molecule has 0 radical (unpaired) electrons. The number of carbonyl (C=O) groups is 1. The van der Waals surface area contributed by atoms with Crippen LogP contribution in [0.4, 0.5) is 0 Å². The van der Waals surface area contributed by atoms with Gasteiger partial charge in [0.2, 0.25) is 0 Å². The summed E-state index contributed by atoms with van der Waals surface area (Å²) in [4.78, 5) is 12.0. The van der Waals surface area contributed by atoms with Crippen molar-refractivity contribution < 1.29 is 4.79 Å². The van der Waals surface area contributed by atoms with E-state index in [4.69, 9.17) is 11.6 Å². The van der Waals surface area contributed by atoms with Crippen LogP contribution in [0.15, 0.2) is 6.20 Å². The Bertz CT molecular complexity index is 511. The first-order valence-corrected chi connectivity index (χ1v) is 6.83. The minimum Gasteiger partial charge on any atom is -0.349 e. The summed E-state index contributed by atoms with van der Waals surface area (Å²) in [6, 6.07) is 2.37. The van der Waals surface area contributed by atoms with Gasteiger partial charge in [0.15, 0.2) is 5.69 Å². The lowest BCUT2D eigenvalue weighted by molar-refractivity contribution is 0.0926. The highest BCUT2D eigenvalue weighted by molar-refractivity contribution is 6.33. The van der Waals surface area contributed by atoms with Crippen molar-refractivity contribution in [3.8, 4) is 6.07 Å². The standard InChI is InChI=1S/C13H17ClN4O/c1-18-7-10(14)11(17-18)12(19)16-9-13(8-15)5-3-2-4-6-13/h7H,2-6,9H2,1H3,(H,16,19). The Kier molecular flexibility index (Phi) is 4.11. The van der Waals surface area contributed by atoms with Gasteiger partial charge in [-0.3, -0.25) is 9.48 Å². The van der Waals surface area contributed by atoms with Gasteiger partial charge in [0.05, 0.1) is 16.5 Å². The monoisotopic (exact) mass is 280 g/mol. The molecule has 6 heteroatoms. The van der Waals surface area contributed by atoms with Crippen molar-refractivity contribution in [2.45, 2.75) is 32.1 Å². The number of aromatic nitrogens is 2. The first-order chi connectivity index (χ1) is 9.06. The van der Waals surface area contributed by atoms with Crippen molar-refractivity contribution in [2.75, 3.05) is 6.54 Å². The van der Waals surface area contributed by atoms with E-state index in [1.165, 1.54) is 11.1 Å². The highest BCUT2D eigenvalue weighted by Gasteiger charge is 2.32. The third kappa shape index (κ3) is 3.07. The molecule has 2 rings (SSSR count). The van der Waals surface area contributed by atoms with Gasteiger partial charge in [-0.2, -0.15) is 10.4 Å². The summed E-state index contributed by atoms with van der Waals surface area (Å²) in [5.74, 6) is -0.314. The fourth-order valence-corrected chi connectivity index (χ4v) is 2.77. The van der Waals surface area contributed by atoms with Crippen LogP contribution >= 0.6 is 11.6 Å². The second-order valence-electron chi connectivity index (χ2n) is 5.13. The Morgan fingerprint density at radius 1 is 1.58 bits per heavy atom. The van der Waals surface area contributed by atoms with Crippen LogP contribution in [0.5, 0.6) is 0 Å². The summed E-state index contributed by atoms with van der Waals surface area (Å²) in [6.07, 6.45) is 6.54. The fourth-order valence-electron chi connectivity index (χ4n) is 2.50. The van der Waals surface area contributed by atoms with Gasteiger partial charge in [-0.25, -0.2) is 0 Å². The van der Waals surface area contributed by atoms with Crippen LogP contribution in [0.3, 0.4) is 0 Å². The molecule has 0 atom stereocenters. The minimum atomic E-state index is -0.421. The fraction of sp³-hybridized carbons (Fsp3) is 0.615. The molecule has 1 aromatic rings. The summed E-state index contributed by atoms with van der Waals surface area (Å²) in [7, 11) is 1.71. The zero-order chi connectivity index (χ0) is 13.9. The Labute approximate surface area is 117 Å². The van der Waals surface area contributed by atoms with Crippen LogP contribution in [0.2, 0.25) is 5.02 Å². The molecule has 0 aromatic carbocycles. The third-order valence-electron chi connectivity index (χ3n) is 3.63. The normalized spacial score (nSPS) is 17.7. The number of nitrogens with one attached hydrogen (secondary N) is 1. The van der Waals surface area contributed by atoms with Crippen LogP contribution in [0.1, 0.15) is 42.6 Å². The van der Waals surface area contributed by atoms with Gasteiger partial charge >= 0.3 is 0 Å². The molecule has 1 fully saturated rings. The molecule has 0 bridgehead atoms. The van der Waals surface area contributed by atoms with E-state index in [1.54, 1.807) is 13.2 Å². The molecule has 1 aliphatic carbocycles. The number of rotatable bonds is 3. The lowest BCUT2D eigenvalue weighted by atomic mass is 9.75. The van der Waals surface area contributed by atoms with Crippen molar-refractivity contribution in [2.24, 2.45) is 12.5 Å². The van der Waals surface area contributed by atoms with Crippen LogP contribution in [-0.4, -0.2) is 22.2 Å². The van der Waals surface area contributed by atoms with Crippen LogP contribution < -0.4 is 5.32 Å². The van der Waals surface area contributed by atoms with Gasteiger partial charge < -0.3 is 5.32 Å². The van der Waals surface area contributed by atoms with Crippen molar-refractivity contribution in [3.63, 3.8) is 0 Å². The van der Waals surface area contributed by atoms with E-state index in [0.29, 0.717) is 11.6 Å². The molecule has 1 amide bonds. The first-order valence-electron chi connectivity index (χ1n) is 6.45. The van der Waals surface area contributed by atoms with E-state index in [1.807, 2.05) is 0 Å². The lowest BCUT2D eigenvalue weighted by Crippen LogP contribution is -2.38. The number of hydrogen-bond acceptors (Lipinski definition) is 3. The second kappa shape index (κ2) is 5.62. The quantitative estimate of drug-likeness (QED) is 0.923. The number of aryl methyl sites for hydroxylation is 1. The summed E-state index contributed by atoms with van der Waals surface area (Å²) in [5.41, 5.74) is -0.206. The maximum absolute atomic E-state index is 12.0. The van der Waals surface area contributed by atoms with Gasteiger partial charge in [-0.15, -0.1) is 0 Å². The van der Waals surface area contributed by atoms with Crippen molar-refractivity contribution in [1.29, 1.82) is 5.26 Å². The molecule has 0 unspecified atom stereocenters. The van der Waals surface area contributed by atoms with Crippen LogP contribution in [0.25, 0.3) is 0 Å². The number of nitrogens with zero attached hydrogens (tertiary/aromatic N) is 3. The van der Waals surface area contributed by atoms with Gasteiger partial charge in [-0.05, 0) is 12.8 Å². The molecule has 102 valence electrons. The highest BCUT2D eigenvalue weighted by atomic mass is 35.5. The zero-order valence-electron chi connectivity index (χ0n) is 10.9. The van der Waals surface area contributed by atoms with Crippen molar-refractivity contribution >= 4 is 17.5 Å². The van der Waals surface area contributed by atoms with E-state index < -0.39 is 5.41 Å². The minimum absolute atomic E-state index is 0.216. The van der Waals surface area contributed by atoms with E-state index >= 15 is 0 Å². The van der Waals surface area contributed by atoms with Crippen LogP contribution in [0, 0.1) is 16.7 Å². The molecule has 1 aromatic heterocycles. The van der Waals surface area contributed by atoms with Gasteiger partial charge in [0.25, 0.3) is 5.91 Å². The topological polar surface area (TPSA) is 70.7 Å². The summed E-state index contributed by atoms with van der Waals surface area (Å²) in [6.45, 7) is 0.370. The van der Waals surface area contributed by atoms with Crippen LogP contribution in [-0.2, 0) is 7.05 Å². The van der Waals surface area contributed by atoms with Crippen molar-refractivity contribution in [3.05, 3.63) is 16.9 Å². The molecular formula is C13H17ClN4O. The first kappa shape index (κ1) is 13.9. The Morgan fingerprint density at radius 2 is 2.26 bits per heavy atom. The maximum Gasteiger partial charge on any atom is 0.273 e. The number of nitriles is 1. The number of halogens is 1. The molecule has 5 nitrogen and oxygen atoms in total. The van der Waals surface area contributed by atoms with E-state index in [2.05, 4.69) is 16.5 Å². The Balaban J connectivity index is 2.00. The van der Waals surface area contributed by atoms with Crippen molar-refractivity contribution in [1.82, 2.24) is 15.1 Å². The third-order valence-corrected chi connectivity index (χ3v) is 3.91. The molecule has 0 saturated heterocycles. The average molecular weight is 281 g/mol. The molecule has 0 spiro atoms. The smallest absolute Gasteiger partial charge is 0.273 e. The van der Waals surface area contributed by atoms with E-state index in [9.17, 15) is 10.1 Å². The summed E-state index contributed by atoms with van der Waals surface area (Å²) < 4.78 is 1.50. The van der Waals surface area contributed by atoms with E-state index in [0.717, 1.165) is 25.7 Å². The molecule has 19 heavy (non-hydrogen) atoms. The molecule has 0 aliphatic heterocycles. The SMILES string of the molecule is Cn1cc(Cl)c(C(=O)NCC2(C#N)CCCCC2)n1. The largest absolute Gasteiger partial charge is 0.349 e. The zero-order valence-corrected chi connectivity index (χ0v) is 11.7. The average Bonchev–Trinajstić information content (AvgIpc) is 2.76. The molecule has 1 heterocycles. The maximum atomic E-state index is 12.0. The molecular weight excluding hydrogens is 264 g/mol. The Hall–Kier alpha value is -1.54. The number of hydrogen-bond donors (Lipinski definition) is 1. The predicted octanol–water partition coefficient (Wildman–Crippen LogP) is 2.28. The lowest BCUT2D eigenvalue weighted by Gasteiger charge is -2.30. The van der Waals surface area contributed by atoms with Gasteiger partial charge in [-0.1, -0.05) is 30.9 Å². The number of carbonyl (C=O) groups excluding carboxylic acids is 1. The van der Waals surface area contributed by atoms with E-state index in [-0.39, 0.29) is 11.6 Å². The molecule has 1 saturated carbocycles. The predicted molar refractivity (Wildman–Crippen MR) is 71.7 cm³/mol. The number of amides is 1. The Morgan fingerprint density at radius 3 is 2.79 bits per heavy atom. The van der Waals surface area contributed by atoms with Gasteiger partial charge in [0, 0.05) is 19.8 Å².